The number of carboxylic acid groups (broad SMARTS) is 1. The molecule has 0 radical (unpaired) electrons. The van der Waals surface area contributed by atoms with E-state index in [0.29, 0.717) is 5.57 Å². The second-order valence-corrected chi connectivity index (χ2v) is 8.50. The minimum atomic E-state index is -0.937. The van der Waals surface area contributed by atoms with E-state index in [1.165, 1.54) is 6.08 Å². The van der Waals surface area contributed by atoms with Gasteiger partial charge in [-0.15, -0.1) is 0 Å². The minimum absolute atomic E-state index is 0.0265. The first kappa shape index (κ1) is 18.3. The van der Waals surface area contributed by atoms with Gasteiger partial charge in [0, 0.05) is 16.9 Å². The second kappa shape index (κ2) is 6.35. The maximum atomic E-state index is 10.7. The number of carbonyl (C=O) groups is 1. The van der Waals surface area contributed by atoms with Crippen molar-refractivity contribution in [3.05, 3.63) is 52.9 Å². The molecule has 0 saturated carbocycles. The van der Waals surface area contributed by atoms with Crippen LogP contribution in [0.25, 0.3) is 17.1 Å². The summed E-state index contributed by atoms with van der Waals surface area (Å²) in [4.78, 5) is 20.7. The summed E-state index contributed by atoms with van der Waals surface area (Å²) < 4.78 is 0. The van der Waals surface area contributed by atoms with Gasteiger partial charge in [-0.1, -0.05) is 45.9 Å². The number of rotatable bonds is 3. The van der Waals surface area contributed by atoms with Gasteiger partial charge in [-0.3, -0.25) is 0 Å². The fourth-order valence-electron chi connectivity index (χ4n) is 3.45. The zero-order valence-corrected chi connectivity index (χ0v) is 16.1. The van der Waals surface area contributed by atoms with Crippen LogP contribution in [0.4, 0.5) is 0 Å². The van der Waals surface area contributed by atoms with Gasteiger partial charge in [0.25, 0.3) is 0 Å². The standard InChI is InChI=1S/C22H26N2O2/c1-14(12-18(25)26)6-7-15-8-9-16-17(13-15)24-20-19(23-16)21(2,3)10-11-22(20,4)5/h6-9,12-13H,10-11H2,1-5H3,(H,25,26). The van der Waals surface area contributed by atoms with Crippen molar-refractivity contribution in [1.82, 2.24) is 9.97 Å². The van der Waals surface area contributed by atoms with Crippen LogP contribution in [0.2, 0.25) is 0 Å². The molecule has 4 nitrogen and oxygen atoms in total. The molecule has 3 rings (SSSR count). The zero-order chi connectivity index (χ0) is 19.1. The molecule has 2 aromatic rings. The van der Waals surface area contributed by atoms with Crippen LogP contribution < -0.4 is 0 Å². The van der Waals surface area contributed by atoms with Crippen molar-refractivity contribution in [2.24, 2.45) is 0 Å². The van der Waals surface area contributed by atoms with Gasteiger partial charge in [0.05, 0.1) is 22.4 Å². The summed E-state index contributed by atoms with van der Waals surface area (Å²) in [6.45, 7) is 10.7. The molecule has 0 spiro atoms. The van der Waals surface area contributed by atoms with E-state index in [-0.39, 0.29) is 10.8 Å². The Balaban J connectivity index is 2.06. The number of nitrogens with zero attached hydrogens (tertiary/aromatic N) is 2. The number of hydrogen-bond donors (Lipinski definition) is 1. The first-order chi connectivity index (χ1) is 12.1. The van der Waals surface area contributed by atoms with E-state index in [9.17, 15) is 4.79 Å². The average molecular weight is 350 g/mol. The van der Waals surface area contributed by atoms with Gasteiger partial charge < -0.3 is 5.11 Å². The van der Waals surface area contributed by atoms with Crippen molar-refractivity contribution >= 4 is 23.1 Å². The monoisotopic (exact) mass is 350 g/mol. The third-order valence-electron chi connectivity index (χ3n) is 5.24. The molecule has 26 heavy (non-hydrogen) atoms. The number of allylic oxidation sites excluding steroid dienone is 2. The fraction of sp³-hybridized carbons (Fsp3) is 0.409. The minimum Gasteiger partial charge on any atom is -0.478 e. The lowest BCUT2D eigenvalue weighted by molar-refractivity contribution is -0.131. The van der Waals surface area contributed by atoms with Crippen molar-refractivity contribution in [3.8, 4) is 0 Å². The van der Waals surface area contributed by atoms with Crippen LogP contribution in [0.3, 0.4) is 0 Å². The molecule has 0 amide bonds. The average Bonchev–Trinajstić information content (AvgIpc) is 2.55. The molecule has 1 aliphatic carbocycles. The first-order valence-electron chi connectivity index (χ1n) is 9.01. The van der Waals surface area contributed by atoms with Crippen LogP contribution in [0, 0.1) is 0 Å². The summed E-state index contributed by atoms with van der Waals surface area (Å²) >= 11 is 0. The highest BCUT2D eigenvalue weighted by molar-refractivity contribution is 5.82. The van der Waals surface area contributed by atoms with Gasteiger partial charge in [-0.2, -0.15) is 0 Å². The lowest BCUT2D eigenvalue weighted by Gasteiger charge is -2.39. The van der Waals surface area contributed by atoms with E-state index >= 15 is 0 Å². The normalized spacial score (nSPS) is 18.9. The molecular formula is C22H26N2O2. The van der Waals surface area contributed by atoms with E-state index in [2.05, 4.69) is 27.7 Å². The highest BCUT2D eigenvalue weighted by atomic mass is 16.4. The number of benzene rings is 1. The molecule has 1 aromatic carbocycles. The summed E-state index contributed by atoms with van der Waals surface area (Å²) in [6, 6.07) is 6.01. The highest BCUT2D eigenvalue weighted by Gasteiger charge is 2.39. The summed E-state index contributed by atoms with van der Waals surface area (Å²) in [5.74, 6) is -0.937. The quantitative estimate of drug-likeness (QED) is 0.623. The van der Waals surface area contributed by atoms with Crippen molar-refractivity contribution in [2.45, 2.75) is 58.3 Å². The Morgan fingerprint density at radius 1 is 1.04 bits per heavy atom. The smallest absolute Gasteiger partial charge is 0.328 e. The molecule has 1 heterocycles. The van der Waals surface area contributed by atoms with E-state index in [0.717, 1.165) is 40.8 Å². The number of aromatic nitrogens is 2. The molecule has 0 saturated heterocycles. The summed E-state index contributed by atoms with van der Waals surface area (Å²) in [5.41, 5.74) is 5.76. The summed E-state index contributed by atoms with van der Waals surface area (Å²) in [5, 5.41) is 8.80. The van der Waals surface area contributed by atoms with Crippen LogP contribution in [0.5, 0.6) is 0 Å². The Morgan fingerprint density at radius 2 is 1.62 bits per heavy atom. The van der Waals surface area contributed by atoms with Gasteiger partial charge in [0.15, 0.2) is 0 Å². The molecule has 1 N–H and O–H groups in total. The van der Waals surface area contributed by atoms with Gasteiger partial charge in [-0.25, -0.2) is 14.8 Å². The molecular weight excluding hydrogens is 324 g/mol. The predicted molar refractivity (Wildman–Crippen MR) is 105 cm³/mol. The molecule has 0 bridgehead atoms. The van der Waals surface area contributed by atoms with Crippen molar-refractivity contribution in [2.75, 3.05) is 0 Å². The van der Waals surface area contributed by atoms with Gasteiger partial charge in [-0.05, 0) is 43.0 Å². The number of hydrogen-bond acceptors (Lipinski definition) is 3. The van der Waals surface area contributed by atoms with E-state index in [1.54, 1.807) is 13.0 Å². The molecule has 4 heteroatoms. The largest absolute Gasteiger partial charge is 0.478 e. The maximum absolute atomic E-state index is 10.7. The van der Waals surface area contributed by atoms with Crippen LogP contribution in [0.1, 0.15) is 64.4 Å². The van der Waals surface area contributed by atoms with Crippen LogP contribution in [-0.2, 0) is 15.6 Å². The van der Waals surface area contributed by atoms with Crippen molar-refractivity contribution in [1.29, 1.82) is 0 Å². The lowest BCUT2D eigenvalue weighted by atomic mass is 9.67. The zero-order valence-electron chi connectivity index (χ0n) is 16.1. The van der Waals surface area contributed by atoms with Crippen LogP contribution in [0.15, 0.2) is 35.9 Å². The third-order valence-corrected chi connectivity index (χ3v) is 5.24. The van der Waals surface area contributed by atoms with E-state index in [1.807, 2.05) is 24.3 Å². The molecule has 1 aromatic heterocycles. The Kier molecular flexibility index (Phi) is 4.47. The van der Waals surface area contributed by atoms with Crippen LogP contribution in [-0.4, -0.2) is 21.0 Å². The van der Waals surface area contributed by atoms with Crippen molar-refractivity contribution in [3.63, 3.8) is 0 Å². The molecule has 136 valence electrons. The first-order valence-corrected chi connectivity index (χ1v) is 9.01. The summed E-state index contributed by atoms with van der Waals surface area (Å²) in [6.07, 6.45) is 7.12. The molecule has 0 fully saturated rings. The Labute approximate surface area is 154 Å². The topological polar surface area (TPSA) is 63.1 Å². The SMILES string of the molecule is CC(C=Cc1ccc2nc3c(nc2c1)C(C)(C)CCC3(C)C)=CC(=O)O. The third kappa shape index (κ3) is 3.55. The Bertz CT molecular complexity index is 937. The van der Waals surface area contributed by atoms with Gasteiger partial charge in [0.1, 0.15) is 0 Å². The Morgan fingerprint density at radius 3 is 2.19 bits per heavy atom. The number of aliphatic carboxylic acids is 1. The summed E-state index contributed by atoms with van der Waals surface area (Å²) in [7, 11) is 0. The highest BCUT2D eigenvalue weighted by Crippen LogP contribution is 2.44. The molecule has 0 atom stereocenters. The predicted octanol–water partition coefficient (Wildman–Crippen LogP) is 5.02. The van der Waals surface area contributed by atoms with Gasteiger partial charge >= 0.3 is 5.97 Å². The van der Waals surface area contributed by atoms with Gasteiger partial charge in [0.2, 0.25) is 0 Å². The molecule has 0 aliphatic heterocycles. The Hall–Kier alpha value is -2.49. The molecule has 0 unspecified atom stereocenters. The second-order valence-electron chi connectivity index (χ2n) is 8.50. The fourth-order valence-corrected chi connectivity index (χ4v) is 3.45. The molecule has 1 aliphatic rings. The lowest BCUT2D eigenvalue weighted by Crippen LogP contribution is -2.36. The number of carboxylic acids is 1. The number of fused-ring (bicyclic) bond motifs is 2. The van der Waals surface area contributed by atoms with Crippen molar-refractivity contribution < 1.29 is 9.90 Å². The van der Waals surface area contributed by atoms with E-state index in [4.69, 9.17) is 15.1 Å². The maximum Gasteiger partial charge on any atom is 0.328 e. The van der Waals surface area contributed by atoms with Crippen LogP contribution >= 0.6 is 0 Å². The van der Waals surface area contributed by atoms with E-state index < -0.39 is 5.97 Å².